The van der Waals surface area contributed by atoms with Crippen LogP contribution in [0, 0.1) is 0 Å². The van der Waals surface area contributed by atoms with Gasteiger partial charge < -0.3 is 10.6 Å². The average molecular weight is 236 g/mol. The van der Waals surface area contributed by atoms with Crippen LogP contribution in [0.1, 0.15) is 32.4 Å². The number of hydrogen-bond acceptors (Lipinski definition) is 3. The molecular formula is C12H20N4O. The van der Waals surface area contributed by atoms with Gasteiger partial charge in [0.05, 0.1) is 11.7 Å². The van der Waals surface area contributed by atoms with E-state index >= 15 is 0 Å². The Labute approximate surface area is 102 Å². The normalized spacial score (nSPS) is 16.8. The number of amides is 1. The van der Waals surface area contributed by atoms with Crippen LogP contribution in [-0.4, -0.2) is 27.8 Å². The molecule has 1 aliphatic rings. The molecule has 1 aliphatic carbocycles. The first kappa shape index (κ1) is 12.1. The van der Waals surface area contributed by atoms with Crippen molar-refractivity contribution in [2.45, 2.75) is 51.9 Å². The summed E-state index contributed by atoms with van der Waals surface area (Å²) in [5, 5.41) is 10.4. The van der Waals surface area contributed by atoms with Gasteiger partial charge in [-0.1, -0.05) is 0 Å². The van der Waals surface area contributed by atoms with Crippen molar-refractivity contribution in [2.75, 3.05) is 0 Å². The Morgan fingerprint density at radius 3 is 3.06 bits per heavy atom. The molecular weight excluding hydrogens is 216 g/mol. The van der Waals surface area contributed by atoms with Crippen molar-refractivity contribution in [3.8, 4) is 0 Å². The lowest BCUT2D eigenvalue weighted by molar-refractivity contribution is -0.122. The average Bonchev–Trinajstić information content (AvgIpc) is 3.02. The van der Waals surface area contributed by atoms with Gasteiger partial charge in [0.2, 0.25) is 5.91 Å². The number of nitrogens with one attached hydrogen (secondary N) is 2. The number of nitrogens with zero attached hydrogens (tertiary/aromatic N) is 2. The van der Waals surface area contributed by atoms with E-state index in [1.807, 2.05) is 17.7 Å². The van der Waals surface area contributed by atoms with E-state index in [9.17, 15) is 4.79 Å². The third kappa shape index (κ3) is 3.30. The Balaban J connectivity index is 1.78. The second-order valence-electron chi connectivity index (χ2n) is 4.52. The molecule has 94 valence electrons. The maximum absolute atomic E-state index is 11.7. The van der Waals surface area contributed by atoms with Gasteiger partial charge in [-0.25, -0.2) is 0 Å². The molecule has 1 saturated carbocycles. The second kappa shape index (κ2) is 5.31. The third-order valence-corrected chi connectivity index (χ3v) is 3.01. The van der Waals surface area contributed by atoms with Crippen molar-refractivity contribution in [3.63, 3.8) is 0 Å². The molecule has 0 saturated heterocycles. The SMILES string of the molecule is CCn1nccc1CNC(C)C(=O)NC1CC1. The van der Waals surface area contributed by atoms with Crippen LogP contribution in [-0.2, 0) is 17.9 Å². The topological polar surface area (TPSA) is 59.0 Å². The van der Waals surface area contributed by atoms with Gasteiger partial charge in [-0.3, -0.25) is 9.48 Å². The van der Waals surface area contributed by atoms with Gasteiger partial charge in [0, 0.05) is 25.3 Å². The van der Waals surface area contributed by atoms with Crippen LogP contribution < -0.4 is 10.6 Å². The molecule has 0 bridgehead atoms. The summed E-state index contributed by atoms with van der Waals surface area (Å²) in [6.45, 7) is 5.48. The number of aromatic nitrogens is 2. The van der Waals surface area contributed by atoms with Crippen molar-refractivity contribution < 1.29 is 4.79 Å². The molecule has 0 spiro atoms. The van der Waals surface area contributed by atoms with Crippen LogP contribution in [0.3, 0.4) is 0 Å². The van der Waals surface area contributed by atoms with Gasteiger partial charge in [-0.05, 0) is 32.8 Å². The molecule has 1 aromatic heterocycles. The molecule has 0 aromatic carbocycles. The Kier molecular flexibility index (Phi) is 3.78. The van der Waals surface area contributed by atoms with Crippen LogP contribution in [0.5, 0.6) is 0 Å². The summed E-state index contributed by atoms with van der Waals surface area (Å²) in [6, 6.07) is 2.24. The molecule has 17 heavy (non-hydrogen) atoms. The Bertz CT molecular complexity index is 384. The predicted molar refractivity (Wildman–Crippen MR) is 65.4 cm³/mol. The number of carbonyl (C=O) groups excluding carboxylic acids is 1. The second-order valence-corrected chi connectivity index (χ2v) is 4.52. The molecule has 1 amide bonds. The first-order chi connectivity index (χ1) is 8.20. The van der Waals surface area contributed by atoms with Gasteiger partial charge in [0.15, 0.2) is 0 Å². The fourth-order valence-corrected chi connectivity index (χ4v) is 1.70. The van der Waals surface area contributed by atoms with Crippen molar-refractivity contribution in [3.05, 3.63) is 18.0 Å². The highest BCUT2D eigenvalue weighted by molar-refractivity contribution is 5.81. The Hall–Kier alpha value is -1.36. The highest BCUT2D eigenvalue weighted by atomic mass is 16.2. The summed E-state index contributed by atoms with van der Waals surface area (Å²) in [4.78, 5) is 11.7. The summed E-state index contributed by atoms with van der Waals surface area (Å²) in [5.74, 6) is 0.0927. The molecule has 5 heteroatoms. The molecule has 1 atom stereocenters. The van der Waals surface area contributed by atoms with E-state index in [-0.39, 0.29) is 11.9 Å². The summed E-state index contributed by atoms with van der Waals surface area (Å²) in [5.41, 5.74) is 1.11. The Morgan fingerprint density at radius 1 is 1.65 bits per heavy atom. The lowest BCUT2D eigenvalue weighted by Crippen LogP contribution is -2.42. The summed E-state index contributed by atoms with van der Waals surface area (Å²) >= 11 is 0. The maximum Gasteiger partial charge on any atom is 0.237 e. The van der Waals surface area contributed by atoms with Crippen LogP contribution in [0.15, 0.2) is 12.3 Å². The zero-order valence-corrected chi connectivity index (χ0v) is 10.4. The summed E-state index contributed by atoms with van der Waals surface area (Å²) in [6.07, 6.45) is 4.04. The quantitative estimate of drug-likeness (QED) is 0.763. The van der Waals surface area contributed by atoms with Crippen molar-refractivity contribution in [1.82, 2.24) is 20.4 Å². The fourth-order valence-electron chi connectivity index (χ4n) is 1.70. The first-order valence-corrected chi connectivity index (χ1v) is 6.25. The van der Waals surface area contributed by atoms with Gasteiger partial charge in [0.1, 0.15) is 0 Å². The highest BCUT2D eigenvalue weighted by Gasteiger charge is 2.25. The molecule has 0 aliphatic heterocycles. The number of carbonyl (C=O) groups is 1. The maximum atomic E-state index is 11.7. The monoisotopic (exact) mass is 236 g/mol. The molecule has 0 radical (unpaired) electrons. The molecule has 2 rings (SSSR count). The lowest BCUT2D eigenvalue weighted by Gasteiger charge is -2.14. The van der Waals surface area contributed by atoms with E-state index in [0.717, 1.165) is 25.1 Å². The minimum atomic E-state index is -0.157. The van der Waals surface area contributed by atoms with Crippen molar-refractivity contribution in [2.24, 2.45) is 0 Å². The van der Waals surface area contributed by atoms with Gasteiger partial charge in [-0.15, -0.1) is 0 Å². The highest BCUT2D eigenvalue weighted by Crippen LogP contribution is 2.18. The molecule has 1 aromatic rings. The summed E-state index contributed by atoms with van der Waals surface area (Å²) < 4.78 is 1.93. The third-order valence-electron chi connectivity index (χ3n) is 3.01. The van der Waals surface area contributed by atoms with Gasteiger partial charge >= 0.3 is 0 Å². The van der Waals surface area contributed by atoms with E-state index in [2.05, 4.69) is 22.7 Å². The minimum absolute atomic E-state index is 0.0927. The molecule has 1 heterocycles. The lowest BCUT2D eigenvalue weighted by atomic mass is 10.3. The zero-order valence-electron chi connectivity index (χ0n) is 10.4. The van der Waals surface area contributed by atoms with Gasteiger partial charge in [0.25, 0.3) is 0 Å². The van der Waals surface area contributed by atoms with Gasteiger partial charge in [-0.2, -0.15) is 5.10 Å². The van der Waals surface area contributed by atoms with Crippen LogP contribution in [0.4, 0.5) is 0 Å². The van der Waals surface area contributed by atoms with Crippen LogP contribution in [0.2, 0.25) is 0 Å². The van der Waals surface area contributed by atoms with E-state index < -0.39 is 0 Å². The molecule has 1 fully saturated rings. The fraction of sp³-hybridized carbons (Fsp3) is 0.667. The minimum Gasteiger partial charge on any atom is -0.352 e. The summed E-state index contributed by atoms with van der Waals surface area (Å²) in [7, 11) is 0. The molecule has 2 N–H and O–H groups in total. The van der Waals surface area contributed by atoms with Crippen LogP contribution >= 0.6 is 0 Å². The largest absolute Gasteiger partial charge is 0.352 e. The Morgan fingerprint density at radius 2 is 2.41 bits per heavy atom. The molecule has 5 nitrogen and oxygen atoms in total. The standard InChI is InChI=1S/C12H20N4O/c1-3-16-11(6-7-14-16)8-13-9(2)12(17)15-10-4-5-10/h6-7,9-10,13H,3-5,8H2,1-2H3,(H,15,17). The number of hydrogen-bond donors (Lipinski definition) is 2. The number of rotatable bonds is 6. The van der Waals surface area contributed by atoms with E-state index in [0.29, 0.717) is 12.6 Å². The predicted octanol–water partition coefficient (Wildman–Crippen LogP) is 0.660. The molecule has 1 unspecified atom stereocenters. The smallest absolute Gasteiger partial charge is 0.237 e. The number of aryl methyl sites for hydroxylation is 1. The van der Waals surface area contributed by atoms with E-state index in [1.54, 1.807) is 6.20 Å². The van der Waals surface area contributed by atoms with Crippen molar-refractivity contribution in [1.29, 1.82) is 0 Å². The zero-order chi connectivity index (χ0) is 12.3. The van der Waals surface area contributed by atoms with Crippen molar-refractivity contribution >= 4 is 5.91 Å². The van der Waals surface area contributed by atoms with E-state index in [4.69, 9.17) is 0 Å². The van der Waals surface area contributed by atoms with Crippen LogP contribution in [0.25, 0.3) is 0 Å². The first-order valence-electron chi connectivity index (χ1n) is 6.25. The van der Waals surface area contributed by atoms with E-state index in [1.165, 1.54) is 0 Å².